The van der Waals surface area contributed by atoms with Crippen molar-refractivity contribution in [2.24, 2.45) is 5.92 Å². The molecule has 1 aliphatic carbocycles. The van der Waals surface area contributed by atoms with Crippen molar-refractivity contribution < 1.29 is 19.1 Å². The second-order valence-electron chi connectivity index (χ2n) is 10.2. The Bertz CT molecular complexity index is 1250. The number of esters is 1. The van der Waals surface area contributed by atoms with Gasteiger partial charge in [-0.15, -0.1) is 0 Å². The van der Waals surface area contributed by atoms with Gasteiger partial charge in [0, 0.05) is 31.0 Å². The molecule has 0 saturated heterocycles. The summed E-state index contributed by atoms with van der Waals surface area (Å²) < 4.78 is 12.5. The van der Waals surface area contributed by atoms with E-state index in [0.717, 1.165) is 41.2 Å². The Morgan fingerprint density at radius 1 is 1.10 bits per heavy atom. The number of amides is 1. The van der Waals surface area contributed by atoms with Crippen LogP contribution in [0.15, 0.2) is 54.7 Å². The van der Waals surface area contributed by atoms with Crippen LogP contribution in [0.25, 0.3) is 5.69 Å². The van der Waals surface area contributed by atoms with Gasteiger partial charge in [0.25, 0.3) is 5.91 Å². The normalized spacial score (nSPS) is 14.5. The fourth-order valence-electron chi connectivity index (χ4n) is 5.30. The predicted octanol–water partition coefficient (Wildman–Crippen LogP) is 5.95. The van der Waals surface area contributed by atoms with Crippen LogP contribution in [0, 0.1) is 12.8 Å². The molecule has 3 aromatic rings. The van der Waals surface area contributed by atoms with E-state index in [1.807, 2.05) is 53.2 Å². The van der Waals surface area contributed by atoms with Crippen LogP contribution in [0.4, 0.5) is 5.69 Å². The number of methoxy groups -OCH3 is 1. The molecule has 1 fully saturated rings. The van der Waals surface area contributed by atoms with Crippen molar-refractivity contribution >= 4 is 17.6 Å². The van der Waals surface area contributed by atoms with E-state index in [4.69, 9.17) is 14.6 Å². The zero-order valence-corrected chi connectivity index (χ0v) is 23.5. The quantitative estimate of drug-likeness (QED) is 0.307. The maximum absolute atomic E-state index is 12.9. The first kappa shape index (κ1) is 28.2. The highest BCUT2D eigenvalue weighted by atomic mass is 16.5. The first-order chi connectivity index (χ1) is 18.9. The van der Waals surface area contributed by atoms with Crippen molar-refractivity contribution in [1.82, 2.24) is 14.7 Å². The van der Waals surface area contributed by atoms with Crippen LogP contribution in [0.2, 0.25) is 0 Å². The van der Waals surface area contributed by atoms with E-state index in [1.54, 1.807) is 26.0 Å². The first-order valence-electron chi connectivity index (χ1n) is 13.9. The van der Waals surface area contributed by atoms with Gasteiger partial charge in [-0.3, -0.25) is 9.59 Å². The fourth-order valence-corrected chi connectivity index (χ4v) is 5.30. The third-order valence-corrected chi connectivity index (χ3v) is 7.44. The number of nitrogens with zero attached hydrogens (tertiary/aromatic N) is 3. The van der Waals surface area contributed by atoms with Gasteiger partial charge in [-0.1, -0.05) is 31.4 Å². The van der Waals surface area contributed by atoms with E-state index in [2.05, 4.69) is 18.4 Å². The summed E-state index contributed by atoms with van der Waals surface area (Å²) in [7, 11) is 3.38. The first-order valence-corrected chi connectivity index (χ1v) is 13.9. The van der Waals surface area contributed by atoms with Crippen LogP contribution in [0.1, 0.15) is 73.1 Å². The number of nitrogens with one attached hydrogen (secondary N) is 1. The number of rotatable bonds is 11. The van der Waals surface area contributed by atoms with Gasteiger partial charge in [0.1, 0.15) is 11.4 Å². The lowest BCUT2D eigenvalue weighted by Crippen LogP contribution is -2.29. The number of carbonyl (C=O) groups is 2. The van der Waals surface area contributed by atoms with Crippen molar-refractivity contribution in [1.29, 1.82) is 0 Å². The van der Waals surface area contributed by atoms with Crippen molar-refractivity contribution in [2.45, 2.75) is 58.4 Å². The predicted molar refractivity (Wildman–Crippen MR) is 152 cm³/mol. The summed E-state index contributed by atoms with van der Waals surface area (Å²) >= 11 is 0. The van der Waals surface area contributed by atoms with Crippen LogP contribution >= 0.6 is 0 Å². The second kappa shape index (κ2) is 13.3. The molecule has 0 aliphatic heterocycles. The molecule has 8 heteroatoms. The summed E-state index contributed by atoms with van der Waals surface area (Å²) in [6.07, 6.45) is 8.28. The Morgan fingerprint density at radius 2 is 1.82 bits per heavy atom. The topological polar surface area (TPSA) is 85.7 Å². The Labute approximate surface area is 231 Å². The van der Waals surface area contributed by atoms with E-state index >= 15 is 0 Å². The van der Waals surface area contributed by atoms with Gasteiger partial charge in [-0.2, -0.15) is 5.10 Å². The number of carbonyl (C=O) groups excluding carboxylic acids is 2. The summed E-state index contributed by atoms with van der Waals surface area (Å²) in [5.41, 5.74) is 4.60. The minimum Gasteiger partial charge on any atom is -0.494 e. The Balaban J connectivity index is 1.53. The number of benzene rings is 2. The molecule has 1 aliphatic rings. The highest BCUT2D eigenvalue weighted by Crippen LogP contribution is 2.38. The van der Waals surface area contributed by atoms with Crippen LogP contribution in [-0.2, 0) is 9.53 Å². The van der Waals surface area contributed by atoms with Gasteiger partial charge < -0.3 is 19.7 Å². The second-order valence-corrected chi connectivity index (χ2v) is 10.2. The largest absolute Gasteiger partial charge is 0.494 e. The van der Waals surface area contributed by atoms with Gasteiger partial charge >= 0.3 is 5.97 Å². The molecule has 208 valence electrons. The maximum Gasteiger partial charge on any atom is 0.307 e. The maximum atomic E-state index is 12.9. The average Bonchev–Trinajstić information content (AvgIpc) is 3.36. The molecule has 0 radical (unpaired) electrons. The summed E-state index contributed by atoms with van der Waals surface area (Å²) in [4.78, 5) is 26.1. The molecule has 1 saturated carbocycles. The Morgan fingerprint density at radius 3 is 2.51 bits per heavy atom. The minimum absolute atomic E-state index is 0.0510. The molecule has 1 N–H and O–H groups in total. The zero-order chi connectivity index (χ0) is 27.8. The zero-order valence-electron chi connectivity index (χ0n) is 23.5. The van der Waals surface area contributed by atoms with Crippen LogP contribution < -0.4 is 10.1 Å². The van der Waals surface area contributed by atoms with Gasteiger partial charge in [0.05, 0.1) is 31.9 Å². The number of ether oxygens (including phenoxy) is 2. The smallest absolute Gasteiger partial charge is 0.307 e. The average molecular weight is 533 g/mol. The molecule has 0 bridgehead atoms. The van der Waals surface area contributed by atoms with Gasteiger partial charge in [0.2, 0.25) is 0 Å². The minimum atomic E-state index is -0.297. The van der Waals surface area contributed by atoms with Crippen LogP contribution in [-0.4, -0.2) is 53.9 Å². The van der Waals surface area contributed by atoms with E-state index in [-0.39, 0.29) is 24.3 Å². The molecule has 1 heterocycles. The number of hydrogen-bond acceptors (Lipinski definition) is 6. The SMILES string of the molecule is CCOC(=O)CCN(C)C(=O)c1ccc(NC(c2nn(-c3ccccc3OC)cc2C)C2CCCCC2)cc1. The van der Waals surface area contributed by atoms with E-state index in [1.165, 1.54) is 19.3 Å². The molecule has 4 rings (SSSR count). The molecule has 39 heavy (non-hydrogen) atoms. The molecule has 0 spiro atoms. The molecule has 1 aromatic heterocycles. The lowest BCUT2D eigenvalue weighted by molar-refractivity contribution is -0.143. The molecule has 2 aromatic carbocycles. The lowest BCUT2D eigenvalue weighted by Gasteiger charge is -2.31. The van der Waals surface area contributed by atoms with E-state index < -0.39 is 0 Å². The molecular formula is C31H40N4O4. The van der Waals surface area contributed by atoms with Crippen LogP contribution in [0.3, 0.4) is 0 Å². The standard InChI is InChI=1S/C31H40N4O4/c1-5-39-28(36)19-20-34(3)31(37)24-15-17-25(18-16-24)32-30(23-11-7-6-8-12-23)29-22(2)21-35(33-29)26-13-9-10-14-27(26)38-4/h9-10,13-18,21,23,30,32H,5-8,11-12,19-20H2,1-4H3. The molecule has 8 nitrogen and oxygen atoms in total. The van der Waals surface area contributed by atoms with Crippen molar-refractivity contribution in [2.75, 3.05) is 32.6 Å². The third-order valence-electron chi connectivity index (χ3n) is 7.44. The highest BCUT2D eigenvalue weighted by Gasteiger charge is 2.29. The Hall–Kier alpha value is -3.81. The number of hydrogen-bond donors (Lipinski definition) is 1. The van der Waals surface area contributed by atoms with E-state index in [0.29, 0.717) is 24.6 Å². The van der Waals surface area contributed by atoms with Gasteiger partial charge in [0.15, 0.2) is 0 Å². The summed E-state index contributed by atoms with van der Waals surface area (Å²) in [5.74, 6) is 0.824. The number of anilines is 1. The van der Waals surface area contributed by atoms with Crippen molar-refractivity contribution in [3.05, 3.63) is 71.5 Å². The van der Waals surface area contributed by atoms with Gasteiger partial charge in [-0.25, -0.2) is 4.68 Å². The van der Waals surface area contributed by atoms with E-state index in [9.17, 15) is 9.59 Å². The summed E-state index contributed by atoms with van der Waals surface area (Å²) in [5, 5.41) is 8.81. The lowest BCUT2D eigenvalue weighted by atomic mass is 9.82. The molecule has 1 atom stereocenters. The number of aryl methyl sites for hydroxylation is 1. The van der Waals surface area contributed by atoms with Crippen LogP contribution in [0.5, 0.6) is 5.75 Å². The number of aromatic nitrogens is 2. The van der Waals surface area contributed by atoms with Gasteiger partial charge in [-0.05, 0) is 74.6 Å². The summed E-state index contributed by atoms with van der Waals surface area (Å²) in [6, 6.07) is 15.5. The fraction of sp³-hybridized carbons (Fsp3) is 0.452. The molecular weight excluding hydrogens is 492 g/mol. The molecule has 1 amide bonds. The Kier molecular flexibility index (Phi) is 9.63. The van der Waals surface area contributed by atoms with Crippen molar-refractivity contribution in [3.63, 3.8) is 0 Å². The molecule has 1 unspecified atom stereocenters. The van der Waals surface area contributed by atoms with Crippen molar-refractivity contribution in [3.8, 4) is 11.4 Å². The monoisotopic (exact) mass is 532 g/mol. The highest BCUT2D eigenvalue weighted by molar-refractivity contribution is 5.94. The summed E-state index contributed by atoms with van der Waals surface area (Å²) in [6.45, 7) is 4.54. The number of para-hydroxylation sites is 2. The third kappa shape index (κ3) is 6.99.